The summed E-state index contributed by atoms with van der Waals surface area (Å²) >= 11 is 3.39. The molecule has 0 unspecified atom stereocenters. The number of nitrogens with one attached hydrogen (secondary N) is 1. The fraction of sp³-hybridized carbons (Fsp3) is 0.500. The first kappa shape index (κ1) is 17.7. The Morgan fingerprint density at radius 1 is 1.24 bits per heavy atom. The predicted octanol–water partition coefficient (Wildman–Crippen LogP) is 3.10. The molecule has 5 heteroatoms. The first-order chi connectivity index (χ1) is 9.99. The Morgan fingerprint density at radius 3 is 2.38 bits per heavy atom. The van der Waals surface area contributed by atoms with Crippen molar-refractivity contribution < 1.29 is 9.59 Å². The van der Waals surface area contributed by atoms with Gasteiger partial charge in [0.2, 0.25) is 11.8 Å². The molecule has 0 saturated heterocycles. The van der Waals surface area contributed by atoms with Gasteiger partial charge in [0.15, 0.2) is 0 Å². The van der Waals surface area contributed by atoms with Crippen LogP contribution in [-0.2, 0) is 16.1 Å². The molecule has 0 radical (unpaired) electrons. The van der Waals surface area contributed by atoms with Crippen LogP contribution in [0.1, 0.15) is 39.2 Å². The number of rotatable bonds is 7. The molecule has 0 bridgehead atoms. The van der Waals surface area contributed by atoms with Crippen molar-refractivity contribution in [3.63, 3.8) is 0 Å². The SMILES string of the molecule is CCCNC(=O)[C@@H](C)N(Cc1ccc(Br)cc1)C(=O)CC. The van der Waals surface area contributed by atoms with E-state index >= 15 is 0 Å². The minimum atomic E-state index is -0.465. The van der Waals surface area contributed by atoms with E-state index in [9.17, 15) is 9.59 Å². The Labute approximate surface area is 135 Å². The molecule has 1 rings (SSSR count). The molecule has 116 valence electrons. The number of hydrogen-bond acceptors (Lipinski definition) is 2. The lowest BCUT2D eigenvalue weighted by molar-refractivity contribution is -0.140. The Balaban J connectivity index is 2.82. The normalized spacial score (nSPS) is 11.8. The highest BCUT2D eigenvalue weighted by Crippen LogP contribution is 2.14. The lowest BCUT2D eigenvalue weighted by Crippen LogP contribution is -2.47. The number of amides is 2. The molecule has 1 N–H and O–H groups in total. The smallest absolute Gasteiger partial charge is 0.242 e. The monoisotopic (exact) mass is 354 g/mol. The van der Waals surface area contributed by atoms with Crippen molar-refractivity contribution in [2.24, 2.45) is 0 Å². The second-order valence-corrected chi connectivity index (χ2v) is 5.88. The average molecular weight is 355 g/mol. The van der Waals surface area contributed by atoms with Gasteiger partial charge in [0.05, 0.1) is 0 Å². The van der Waals surface area contributed by atoms with Crippen LogP contribution < -0.4 is 5.32 Å². The Hall–Kier alpha value is -1.36. The molecule has 1 aromatic rings. The van der Waals surface area contributed by atoms with Crippen molar-refractivity contribution in [1.82, 2.24) is 10.2 Å². The summed E-state index contributed by atoms with van der Waals surface area (Å²) in [5, 5.41) is 2.85. The zero-order valence-corrected chi connectivity index (χ0v) is 14.4. The summed E-state index contributed by atoms with van der Waals surface area (Å²) < 4.78 is 0.994. The summed E-state index contributed by atoms with van der Waals surface area (Å²) in [6, 6.07) is 7.32. The van der Waals surface area contributed by atoms with Gasteiger partial charge < -0.3 is 10.2 Å². The Morgan fingerprint density at radius 2 is 1.86 bits per heavy atom. The van der Waals surface area contributed by atoms with Crippen LogP contribution in [-0.4, -0.2) is 29.3 Å². The van der Waals surface area contributed by atoms with Gasteiger partial charge in [0, 0.05) is 24.0 Å². The van der Waals surface area contributed by atoms with E-state index in [0.29, 0.717) is 19.5 Å². The molecule has 4 nitrogen and oxygen atoms in total. The highest BCUT2D eigenvalue weighted by Gasteiger charge is 2.24. The quantitative estimate of drug-likeness (QED) is 0.817. The molecular weight excluding hydrogens is 332 g/mol. The van der Waals surface area contributed by atoms with Gasteiger partial charge in [0.1, 0.15) is 6.04 Å². The van der Waals surface area contributed by atoms with E-state index in [-0.39, 0.29) is 11.8 Å². The third-order valence-electron chi connectivity index (χ3n) is 3.29. The van der Waals surface area contributed by atoms with E-state index in [2.05, 4.69) is 21.2 Å². The van der Waals surface area contributed by atoms with Crippen molar-refractivity contribution in [2.75, 3.05) is 6.54 Å². The number of carbonyl (C=O) groups is 2. The molecule has 0 aliphatic rings. The number of benzene rings is 1. The van der Waals surface area contributed by atoms with E-state index in [1.165, 1.54) is 0 Å². The van der Waals surface area contributed by atoms with Gasteiger partial charge in [-0.2, -0.15) is 0 Å². The van der Waals surface area contributed by atoms with Crippen LogP contribution in [0.2, 0.25) is 0 Å². The summed E-state index contributed by atoms with van der Waals surface area (Å²) in [4.78, 5) is 25.9. The summed E-state index contributed by atoms with van der Waals surface area (Å²) in [5.74, 6) is -0.118. The minimum Gasteiger partial charge on any atom is -0.354 e. The van der Waals surface area contributed by atoms with Crippen LogP contribution in [0.3, 0.4) is 0 Å². The summed E-state index contributed by atoms with van der Waals surface area (Å²) in [6.07, 6.45) is 1.27. The second kappa shape index (κ2) is 8.82. The first-order valence-corrected chi connectivity index (χ1v) is 8.10. The molecule has 1 aromatic carbocycles. The maximum Gasteiger partial charge on any atom is 0.242 e. The fourth-order valence-electron chi connectivity index (χ4n) is 1.97. The van der Waals surface area contributed by atoms with Crippen molar-refractivity contribution in [1.29, 1.82) is 0 Å². The molecule has 0 aromatic heterocycles. The van der Waals surface area contributed by atoms with E-state index in [4.69, 9.17) is 0 Å². The van der Waals surface area contributed by atoms with Crippen LogP contribution in [0.25, 0.3) is 0 Å². The summed E-state index contributed by atoms with van der Waals surface area (Å²) in [5.41, 5.74) is 1.01. The van der Waals surface area contributed by atoms with Gasteiger partial charge >= 0.3 is 0 Å². The zero-order chi connectivity index (χ0) is 15.8. The first-order valence-electron chi connectivity index (χ1n) is 7.31. The highest BCUT2D eigenvalue weighted by atomic mass is 79.9. The molecule has 0 aliphatic heterocycles. The highest BCUT2D eigenvalue weighted by molar-refractivity contribution is 9.10. The van der Waals surface area contributed by atoms with Crippen molar-refractivity contribution >= 4 is 27.7 Å². The van der Waals surface area contributed by atoms with E-state index in [1.54, 1.807) is 11.8 Å². The van der Waals surface area contributed by atoms with Crippen molar-refractivity contribution in [2.45, 2.75) is 46.2 Å². The third kappa shape index (κ3) is 5.50. The van der Waals surface area contributed by atoms with Gasteiger partial charge in [-0.05, 0) is 31.0 Å². The van der Waals surface area contributed by atoms with Crippen molar-refractivity contribution in [3.8, 4) is 0 Å². The van der Waals surface area contributed by atoms with E-state index in [1.807, 2.05) is 38.1 Å². The molecular formula is C16H23BrN2O2. The largest absolute Gasteiger partial charge is 0.354 e. The van der Waals surface area contributed by atoms with E-state index in [0.717, 1.165) is 16.5 Å². The molecule has 0 saturated carbocycles. The van der Waals surface area contributed by atoms with Gasteiger partial charge in [-0.1, -0.05) is 41.9 Å². The second-order valence-electron chi connectivity index (χ2n) is 4.97. The van der Waals surface area contributed by atoms with Crippen LogP contribution in [0.15, 0.2) is 28.7 Å². The molecule has 0 heterocycles. The third-order valence-corrected chi connectivity index (χ3v) is 3.81. The zero-order valence-electron chi connectivity index (χ0n) is 12.9. The van der Waals surface area contributed by atoms with Crippen molar-refractivity contribution in [3.05, 3.63) is 34.3 Å². The number of hydrogen-bond donors (Lipinski definition) is 1. The minimum absolute atomic E-state index is 0.0166. The molecule has 0 fully saturated rings. The lowest BCUT2D eigenvalue weighted by atomic mass is 10.1. The number of carbonyl (C=O) groups excluding carboxylic acids is 2. The maximum atomic E-state index is 12.1. The van der Waals surface area contributed by atoms with Crippen LogP contribution >= 0.6 is 15.9 Å². The Kier molecular flexibility index (Phi) is 7.43. The van der Waals surface area contributed by atoms with Crippen LogP contribution in [0, 0.1) is 0 Å². The number of nitrogens with zero attached hydrogens (tertiary/aromatic N) is 1. The number of halogens is 1. The molecule has 0 aliphatic carbocycles. The van der Waals surface area contributed by atoms with Gasteiger partial charge in [0.25, 0.3) is 0 Å². The Bertz CT molecular complexity index is 474. The van der Waals surface area contributed by atoms with Gasteiger partial charge in [-0.15, -0.1) is 0 Å². The van der Waals surface area contributed by atoms with Gasteiger partial charge in [-0.25, -0.2) is 0 Å². The molecule has 2 amide bonds. The van der Waals surface area contributed by atoms with Gasteiger partial charge in [-0.3, -0.25) is 9.59 Å². The standard InChI is InChI=1S/C16H23BrN2O2/c1-4-10-18-16(21)12(3)19(15(20)5-2)11-13-6-8-14(17)9-7-13/h6-9,12H,4-5,10-11H2,1-3H3,(H,18,21)/t12-/m1/s1. The van der Waals surface area contributed by atoms with Crippen LogP contribution in [0.5, 0.6) is 0 Å². The predicted molar refractivity (Wildman–Crippen MR) is 87.7 cm³/mol. The average Bonchev–Trinajstić information content (AvgIpc) is 2.50. The van der Waals surface area contributed by atoms with E-state index < -0.39 is 6.04 Å². The fourth-order valence-corrected chi connectivity index (χ4v) is 2.23. The van der Waals surface area contributed by atoms with Crippen LogP contribution in [0.4, 0.5) is 0 Å². The summed E-state index contributed by atoms with van der Waals surface area (Å²) in [7, 11) is 0. The lowest BCUT2D eigenvalue weighted by Gasteiger charge is -2.28. The molecule has 21 heavy (non-hydrogen) atoms. The maximum absolute atomic E-state index is 12.1. The molecule has 1 atom stereocenters. The summed E-state index contributed by atoms with van der Waals surface area (Å²) in [6.45, 7) is 6.67. The molecule has 0 spiro atoms. The topological polar surface area (TPSA) is 49.4 Å².